The first-order chi connectivity index (χ1) is 14.6. The molecular weight excluding hydrogens is 380 g/mol. The Bertz CT molecular complexity index is 950. The van der Waals surface area contributed by atoms with Crippen LogP contribution in [0.5, 0.6) is 11.5 Å². The van der Waals surface area contributed by atoms with E-state index in [1.807, 2.05) is 35.2 Å². The molecule has 1 aliphatic carbocycles. The zero-order valence-corrected chi connectivity index (χ0v) is 17.6. The maximum Gasteiger partial charge on any atom is 0.230 e. The van der Waals surface area contributed by atoms with Crippen LogP contribution in [0, 0.1) is 5.92 Å². The molecule has 0 spiro atoms. The Hall–Kier alpha value is -3.02. The van der Waals surface area contributed by atoms with Crippen LogP contribution >= 0.6 is 0 Å². The molecule has 0 unspecified atom stereocenters. The molecule has 0 atom stereocenters. The fraction of sp³-hybridized carbons (Fsp3) is 0.417. The molecule has 158 valence electrons. The largest absolute Gasteiger partial charge is 0.493 e. The van der Waals surface area contributed by atoms with Crippen molar-refractivity contribution in [3.63, 3.8) is 0 Å². The van der Waals surface area contributed by atoms with Crippen LogP contribution in [0.25, 0.3) is 0 Å². The van der Waals surface area contributed by atoms with Gasteiger partial charge in [0, 0.05) is 23.8 Å². The summed E-state index contributed by atoms with van der Waals surface area (Å²) >= 11 is 0. The van der Waals surface area contributed by atoms with E-state index in [-0.39, 0.29) is 24.2 Å². The van der Waals surface area contributed by atoms with Gasteiger partial charge in [-0.25, -0.2) is 0 Å². The number of fused-ring (bicyclic) bond motifs is 1. The lowest BCUT2D eigenvalue weighted by Crippen LogP contribution is -2.33. The molecule has 2 aromatic carbocycles. The van der Waals surface area contributed by atoms with Gasteiger partial charge in [0.25, 0.3) is 0 Å². The molecule has 4 rings (SSSR count). The maximum atomic E-state index is 12.8. The average molecular weight is 408 g/mol. The van der Waals surface area contributed by atoms with Crippen LogP contribution in [0.1, 0.15) is 36.8 Å². The highest BCUT2D eigenvalue weighted by Crippen LogP contribution is 2.35. The Balaban J connectivity index is 1.41. The summed E-state index contributed by atoms with van der Waals surface area (Å²) in [6.45, 7) is 0.730. The summed E-state index contributed by atoms with van der Waals surface area (Å²) in [5.74, 6) is 1.58. The normalized spacial score (nSPS) is 15.7. The first-order valence-corrected chi connectivity index (χ1v) is 10.5. The number of nitrogens with one attached hydrogen (secondary N) is 1. The van der Waals surface area contributed by atoms with E-state index in [1.165, 1.54) is 0 Å². The van der Waals surface area contributed by atoms with Crippen LogP contribution in [0.3, 0.4) is 0 Å². The Morgan fingerprint density at radius 2 is 1.80 bits per heavy atom. The average Bonchev–Trinajstić information content (AvgIpc) is 3.43. The molecule has 1 fully saturated rings. The van der Waals surface area contributed by atoms with E-state index in [0.29, 0.717) is 11.5 Å². The van der Waals surface area contributed by atoms with Crippen molar-refractivity contribution in [3.05, 3.63) is 47.5 Å². The summed E-state index contributed by atoms with van der Waals surface area (Å²) in [4.78, 5) is 27.3. The molecule has 1 saturated carbocycles. The summed E-state index contributed by atoms with van der Waals surface area (Å²) in [7, 11) is 3.16. The van der Waals surface area contributed by atoms with Gasteiger partial charge in [-0.05, 0) is 60.7 Å². The molecule has 0 saturated heterocycles. The SMILES string of the molecule is COc1ccc(CC(=O)Nc2ccc3c(c2)CCN3C(=O)C2CCCC2)cc1OC. The van der Waals surface area contributed by atoms with Gasteiger partial charge in [-0.3, -0.25) is 9.59 Å². The van der Waals surface area contributed by atoms with Crippen molar-refractivity contribution in [1.29, 1.82) is 0 Å². The van der Waals surface area contributed by atoms with E-state index in [9.17, 15) is 9.59 Å². The zero-order valence-electron chi connectivity index (χ0n) is 17.6. The number of nitrogens with zero attached hydrogens (tertiary/aromatic N) is 1. The van der Waals surface area contributed by atoms with Crippen LogP contribution < -0.4 is 19.7 Å². The van der Waals surface area contributed by atoms with Gasteiger partial charge in [-0.2, -0.15) is 0 Å². The third-order valence-corrected chi connectivity index (χ3v) is 6.04. The lowest BCUT2D eigenvalue weighted by molar-refractivity contribution is -0.122. The molecule has 2 aliphatic rings. The van der Waals surface area contributed by atoms with Gasteiger partial charge >= 0.3 is 0 Å². The summed E-state index contributed by atoms with van der Waals surface area (Å²) in [5.41, 5.74) is 3.71. The number of ether oxygens (including phenoxy) is 2. The van der Waals surface area contributed by atoms with Crippen molar-refractivity contribution in [2.75, 3.05) is 31.0 Å². The summed E-state index contributed by atoms with van der Waals surface area (Å²) in [6.07, 6.45) is 5.39. The Kier molecular flexibility index (Phi) is 5.93. The minimum Gasteiger partial charge on any atom is -0.493 e. The molecule has 2 amide bonds. The number of carbonyl (C=O) groups excluding carboxylic acids is 2. The Morgan fingerprint density at radius 1 is 1.03 bits per heavy atom. The summed E-state index contributed by atoms with van der Waals surface area (Å²) in [6, 6.07) is 11.3. The predicted molar refractivity (Wildman–Crippen MR) is 116 cm³/mol. The number of hydrogen-bond acceptors (Lipinski definition) is 4. The quantitative estimate of drug-likeness (QED) is 0.786. The zero-order chi connectivity index (χ0) is 21.1. The van der Waals surface area contributed by atoms with Gasteiger partial charge in [0.1, 0.15) is 0 Å². The number of benzene rings is 2. The highest BCUT2D eigenvalue weighted by Gasteiger charge is 2.31. The van der Waals surface area contributed by atoms with Gasteiger partial charge in [0.2, 0.25) is 11.8 Å². The smallest absolute Gasteiger partial charge is 0.230 e. The topological polar surface area (TPSA) is 67.9 Å². The number of methoxy groups -OCH3 is 2. The van der Waals surface area contributed by atoms with E-state index in [4.69, 9.17) is 9.47 Å². The van der Waals surface area contributed by atoms with E-state index in [0.717, 1.165) is 61.2 Å². The maximum absolute atomic E-state index is 12.8. The monoisotopic (exact) mass is 408 g/mol. The Labute approximate surface area is 177 Å². The third kappa shape index (κ3) is 4.13. The fourth-order valence-electron chi connectivity index (χ4n) is 4.48. The number of hydrogen-bond donors (Lipinski definition) is 1. The van der Waals surface area contributed by atoms with Crippen molar-refractivity contribution in [1.82, 2.24) is 0 Å². The highest BCUT2D eigenvalue weighted by molar-refractivity contribution is 5.98. The van der Waals surface area contributed by atoms with E-state index in [1.54, 1.807) is 20.3 Å². The van der Waals surface area contributed by atoms with Crippen LogP contribution in [-0.4, -0.2) is 32.6 Å². The van der Waals surface area contributed by atoms with E-state index in [2.05, 4.69) is 5.32 Å². The second-order valence-electron chi connectivity index (χ2n) is 7.98. The van der Waals surface area contributed by atoms with Crippen molar-refractivity contribution < 1.29 is 19.1 Å². The molecule has 6 heteroatoms. The standard InChI is InChI=1S/C24H28N2O4/c1-29-21-10-7-16(13-22(21)30-2)14-23(27)25-19-8-9-20-18(15-19)11-12-26(20)24(28)17-5-3-4-6-17/h7-10,13,15,17H,3-6,11-12,14H2,1-2H3,(H,25,27). The van der Waals surface area contributed by atoms with Gasteiger partial charge in [-0.15, -0.1) is 0 Å². The molecule has 2 aromatic rings. The van der Waals surface area contributed by atoms with Gasteiger partial charge in [0.05, 0.1) is 20.6 Å². The molecule has 1 N–H and O–H groups in total. The summed E-state index contributed by atoms with van der Waals surface area (Å²) < 4.78 is 10.5. The molecule has 6 nitrogen and oxygen atoms in total. The first-order valence-electron chi connectivity index (χ1n) is 10.5. The second kappa shape index (κ2) is 8.78. The number of carbonyl (C=O) groups is 2. The number of anilines is 2. The summed E-state index contributed by atoms with van der Waals surface area (Å²) in [5, 5.41) is 2.97. The lowest BCUT2D eigenvalue weighted by Gasteiger charge is -2.21. The number of rotatable bonds is 6. The van der Waals surface area contributed by atoms with Crippen molar-refractivity contribution >= 4 is 23.2 Å². The van der Waals surface area contributed by atoms with Crippen LogP contribution in [0.2, 0.25) is 0 Å². The number of amides is 2. The van der Waals surface area contributed by atoms with Gasteiger partial charge in [0.15, 0.2) is 11.5 Å². The van der Waals surface area contributed by atoms with E-state index < -0.39 is 0 Å². The van der Waals surface area contributed by atoms with Crippen molar-refractivity contribution in [2.24, 2.45) is 5.92 Å². The van der Waals surface area contributed by atoms with Crippen LogP contribution in [-0.2, 0) is 22.4 Å². The lowest BCUT2D eigenvalue weighted by atomic mass is 10.1. The third-order valence-electron chi connectivity index (χ3n) is 6.04. The Morgan fingerprint density at radius 3 is 2.53 bits per heavy atom. The molecular formula is C24H28N2O4. The first kappa shape index (κ1) is 20.3. The second-order valence-corrected chi connectivity index (χ2v) is 7.98. The molecule has 0 aromatic heterocycles. The minimum atomic E-state index is -0.0981. The molecule has 1 heterocycles. The van der Waals surface area contributed by atoms with Crippen LogP contribution in [0.4, 0.5) is 11.4 Å². The minimum absolute atomic E-state index is 0.0981. The van der Waals surface area contributed by atoms with Crippen molar-refractivity contribution in [3.8, 4) is 11.5 Å². The van der Waals surface area contributed by atoms with Gasteiger partial charge < -0.3 is 19.7 Å². The predicted octanol–water partition coefficient (Wildman–Crippen LogP) is 3.96. The molecule has 1 aliphatic heterocycles. The molecule has 0 radical (unpaired) electrons. The van der Waals surface area contributed by atoms with Crippen molar-refractivity contribution in [2.45, 2.75) is 38.5 Å². The highest BCUT2D eigenvalue weighted by atomic mass is 16.5. The fourth-order valence-corrected chi connectivity index (χ4v) is 4.48. The molecule has 0 bridgehead atoms. The van der Waals surface area contributed by atoms with Crippen LogP contribution in [0.15, 0.2) is 36.4 Å². The molecule has 30 heavy (non-hydrogen) atoms. The van der Waals surface area contributed by atoms with E-state index >= 15 is 0 Å². The van der Waals surface area contributed by atoms with Gasteiger partial charge in [-0.1, -0.05) is 18.9 Å².